The largest absolute Gasteiger partial charge is 0.486 e. The van der Waals surface area contributed by atoms with Crippen LogP contribution in [0.2, 0.25) is 0 Å². The average Bonchev–Trinajstić information content (AvgIpc) is 2.88. The summed E-state index contributed by atoms with van der Waals surface area (Å²) >= 11 is 0. The van der Waals surface area contributed by atoms with Crippen molar-refractivity contribution in [1.29, 1.82) is 0 Å². The van der Waals surface area contributed by atoms with Gasteiger partial charge in [-0.2, -0.15) is 0 Å². The Morgan fingerprint density at radius 2 is 1.83 bits per heavy atom. The predicted octanol–water partition coefficient (Wildman–Crippen LogP) is 2.86. The molecule has 5 rings (SSSR count). The van der Waals surface area contributed by atoms with Crippen molar-refractivity contribution in [2.75, 3.05) is 27.1 Å². The molecule has 0 radical (unpaired) electrons. The van der Waals surface area contributed by atoms with Gasteiger partial charge >= 0.3 is 5.97 Å². The van der Waals surface area contributed by atoms with Gasteiger partial charge in [-0.1, -0.05) is 19.9 Å². The van der Waals surface area contributed by atoms with Gasteiger partial charge in [0, 0.05) is 5.92 Å². The van der Waals surface area contributed by atoms with E-state index in [1.807, 2.05) is 31.2 Å². The number of ether oxygens (including phenoxy) is 4. The van der Waals surface area contributed by atoms with Crippen LogP contribution in [-0.4, -0.2) is 39.1 Å². The quantitative estimate of drug-likeness (QED) is 0.562. The maximum Gasteiger partial charge on any atom is 0.365 e. The fraction of sp³-hybridized carbons (Fsp3) is 0.407. The molecule has 3 atom stereocenters. The van der Waals surface area contributed by atoms with Gasteiger partial charge in [0.2, 0.25) is 12.2 Å². The maximum atomic E-state index is 13.7. The Morgan fingerprint density at radius 3 is 2.57 bits per heavy atom. The number of rotatable bonds is 5. The summed E-state index contributed by atoms with van der Waals surface area (Å²) in [4.78, 5) is 27.2. The molecule has 8 nitrogen and oxygen atoms in total. The molecule has 0 saturated carbocycles. The van der Waals surface area contributed by atoms with Crippen molar-refractivity contribution >= 4 is 16.9 Å². The van der Waals surface area contributed by atoms with Crippen molar-refractivity contribution in [2.45, 2.75) is 39.8 Å². The van der Waals surface area contributed by atoms with Crippen molar-refractivity contribution in [3.63, 3.8) is 0 Å². The highest BCUT2D eigenvalue weighted by Gasteiger charge is 2.39. The monoisotopic (exact) mass is 480 g/mol. The van der Waals surface area contributed by atoms with E-state index in [9.17, 15) is 9.59 Å². The molecule has 0 spiro atoms. The van der Waals surface area contributed by atoms with Crippen molar-refractivity contribution in [1.82, 2.24) is 0 Å². The molecule has 3 unspecified atom stereocenters. The summed E-state index contributed by atoms with van der Waals surface area (Å²) in [6, 6.07) is 8.66. The standard InChI is InChI=1S/C27H29NO7/c1-5-15(2)24(27(30)31-4)28-13-19-20(34-14-28)9-7-18-25(29)23(16(3)35-26(18)19)17-6-8-21-22(12-17)33-11-10-32-21/h6-9,12,15,24H,5,10-11,13-14H2,1-4H3/p+1. The van der Waals surface area contributed by atoms with E-state index in [1.54, 1.807) is 13.0 Å². The second kappa shape index (κ2) is 9.26. The minimum Gasteiger partial charge on any atom is -0.486 e. The Kier molecular flexibility index (Phi) is 6.15. The van der Waals surface area contributed by atoms with Crippen molar-refractivity contribution < 1.29 is 33.1 Å². The number of hydrogen-bond donors (Lipinski definition) is 1. The second-order valence-electron chi connectivity index (χ2n) is 9.15. The molecule has 0 bridgehead atoms. The summed E-state index contributed by atoms with van der Waals surface area (Å²) < 4.78 is 28.7. The summed E-state index contributed by atoms with van der Waals surface area (Å²) in [6.07, 6.45) is 0.832. The molecule has 0 amide bonds. The number of esters is 1. The first-order valence-electron chi connectivity index (χ1n) is 12.0. The minimum atomic E-state index is -0.377. The van der Waals surface area contributed by atoms with Crippen LogP contribution in [0.15, 0.2) is 39.5 Å². The lowest BCUT2D eigenvalue weighted by molar-refractivity contribution is -0.951. The Bertz CT molecular complexity index is 1350. The van der Waals surface area contributed by atoms with E-state index in [1.165, 1.54) is 7.11 Å². The molecule has 0 aliphatic carbocycles. The van der Waals surface area contributed by atoms with Gasteiger partial charge in [0.05, 0.1) is 23.6 Å². The third-order valence-corrected chi connectivity index (χ3v) is 7.05. The topological polar surface area (TPSA) is 88.6 Å². The molecule has 0 saturated heterocycles. The van der Waals surface area contributed by atoms with E-state index in [0.29, 0.717) is 71.6 Å². The summed E-state index contributed by atoms with van der Waals surface area (Å²) in [5.41, 5.74) is 2.36. The molecule has 2 aliphatic rings. The van der Waals surface area contributed by atoms with Crippen LogP contribution in [0.5, 0.6) is 17.2 Å². The first-order chi connectivity index (χ1) is 16.9. The van der Waals surface area contributed by atoms with Gasteiger partial charge in [0.1, 0.15) is 31.3 Å². The summed E-state index contributed by atoms with van der Waals surface area (Å²) in [5, 5.41) is 0.474. The normalized spacial score (nSPS) is 18.3. The molecule has 2 aromatic carbocycles. The number of carbonyl (C=O) groups is 1. The zero-order valence-corrected chi connectivity index (χ0v) is 20.4. The number of methoxy groups -OCH3 is 1. The SMILES string of the molecule is CCC(C)C(C(=O)OC)[NH+]1COc2ccc3c(=O)c(-c4ccc5c(c4)OCCO5)c(C)oc3c2C1. The predicted molar refractivity (Wildman–Crippen MR) is 129 cm³/mol. The summed E-state index contributed by atoms with van der Waals surface area (Å²) in [6.45, 7) is 7.67. The Morgan fingerprint density at radius 1 is 1.09 bits per heavy atom. The number of aryl methyl sites for hydroxylation is 1. The Hall–Kier alpha value is -3.52. The lowest BCUT2D eigenvalue weighted by atomic mass is 9.96. The molecule has 1 N–H and O–H groups in total. The van der Waals surface area contributed by atoms with Crippen LogP contribution in [0, 0.1) is 12.8 Å². The zero-order valence-electron chi connectivity index (χ0n) is 20.4. The van der Waals surface area contributed by atoms with E-state index in [-0.39, 0.29) is 23.4 Å². The van der Waals surface area contributed by atoms with Gasteiger partial charge in [0.25, 0.3) is 0 Å². The van der Waals surface area contributed by atoms with Gasteiger partial charge < -0.3 is 23.4 Å². The zero-order chi connectivity index (χ0) is 24.7. The molecule has 3 aromatic rings. The van der Waals surface area contributed by atoms with Crippen LogP contribution in [-0.2, 0) is 16.1 Å². The number of benzene rings is 2. The van der Waals surface area contributed by atoms with Gasteiger partial charge in [-0.25, -0.2) is 4.79 Å². The molecular formula is C27H30NO7+. The third kappa shape index (κ3) is 4.01. The molecule has 1 aromatic heterocycles. The van der Waals surface area contributed by atoms with E-state index in [2.05, 4.69) is 6.92 Å². The Balaban J connectivity index is 1.58. The highest BCUT2D eigenvalue weighted by Crippen LogP contribution is 2.36. The number of carbonyl (C=O) groups excluding carboxylic acids is 1. The van der Waals surface area contributed by atoms with Crippen molar-refractivity contribution in [3.8, 4) is 28.4 Å². The van der Waals surface area contributed by atoms with Crippen LogP contribution >= 0.6 is 0 Å². The highest BCUT2D eigenvalue weighted by atomic mass is 16.6. The molecule has 3 heterocycles. The third-order valence-electron chi connectivity index (χ3n) is 7.05. The first kappa shape index (κ1) is 23.2. The van der Waals surface area contributed by atoms with Crippen LogP contribution in [0.25, 0.3) is 22.1 Å². The number of quaternary nitrogens is 1. The van der Waals surface area contributed by atoms with Crippen LogP contribution < -0.4 is 24.5 Å². The summed E-state index contributed by atoms with van der Waals surface area (Å²) in [7, 11) is 1.41. The van der Waals surface area contributed by atoms with E-state index < -0.39 is 0 Å². The maximum absolute atomic E-state index is 13.7. The van der Waals surface area contributed by atoms with Crippen molar-refractivity contribution in [2.24, 2.45) is 5.92 Å². The highest BCUT2D eigenvalue weighted by molar-refractivity contribution is 5.87. The number of nitrogens with one attached hydrogen (secondary N) is 1. The smallest absolute Gasteiger partial charge is 0.365 e. The van der Waals surface area contributed by atoms with E-state index in [0.717, 1.165) is 16.9 Å². The van der Waals surface area contributed by atoms with Crippen LogP contribution in [0.4, 0.5) is 0 Å². The van der Waals surface area contributed by atoms with Crippen LogP contribution in [0.3, 0.4) is 0 Å². The fourth-order valence-electron chi connectivity index (χ4n) is 5.05. The van der Waals surface area contributed by atoms with Gasteiger partial charge in [0.15, 0.2) is 23.1 Å². The summed E-state index contributed by atoms with van der Waals surface area (Å²) in [5.74, 6) is 2.30. The average molecular weight is 481 g/mol. The van der Waals surface area contributed by atoms with Crippen LogP contribution in [0.1, 0.15) is 31.6 Å². The van der Waals surface area contributed by atoms with Crippen molar-refractivity contribution in [3.05, 3.63) is 51.9 Å². The molecule has 8 heteroatoms. The van der Waals surface area contributed by atoms with E-state index in [4.69, 9.17) is 23.4 Å². The fourth-order valence-corrected chi connectivity index (χ4v) is 5.05. The lowest BCUT2D eigenvalue weighted by Gasteiger charge is -2.33. The first-order valence-corrected chi connectivity index (χ1v) is 12.0. The lowest BCUT2D eigenvalue weighted by Crippen LogP contribution is -3.17. The van der Waals surface area contributed by atoms with Gasteiger partial charge in [-0.05, 0) is 43.2 Å². The molecular weight excluding hydrogens is 450 g/mol. The Labute approximate surface area is 203 Å². The molecule has 0 fully saturated rings. The van der Waals surface area contributed by atoms with Gasteiger partial charge in [-0.3, -0.25) is 9.69 Å². The minimum absolute atomic E-state index is 0.105. The number of fused-ring (bicyclic) bond motifs is 4. The number of hydrogen-bond acceptors (Lipinski definition) is 7. The molecule has 35 heavy (non-hydrogen) atoms. The second-order valence-corrected chi connectivity index (χ2v) is 9.15. The van der Waals surface area contributed by atoms with E-state index >= 15 is 0 Å². The molecule has 2 aliphatic heterocycles. The van der Waals surface area contributed by atoms with Gasteiger partial charge in [-0.15, -0.1) is 0 Å². The molecule has 184 valence electrons.